The van der Waals surface area contributed by atoms with E-state index in [0.717, 1.165) is 11.1 Å². The van der Waals surface area contributed by atoms with Gasteiger partial charge in [0.1, 0.15) is 0 Å². The summed E-state index contributed by atoms with van der Waals surface area (Å²) in [4.78, 5) is 26.4. The third-order valence-corrected chi connectivity index (χ3v) is 4.77. The molecule has 0 spiro atoms. The molecule has 1 fully saturated rings. The average molecular weight is 336 g/mol. The first kappa shape index (κ1) is 17.2. The maximum atomic E-state index is 12.3. The molecule has 1 aliphatic rings. The van der Waals surface area contributed by atoms with Crippen LogP contribution in [0, 0.1) is 5.92 Å². The van der Waals surface area contributed by atoms with E-state index >= 15 is 0 Å². The van der Waals surface area contributed by atoms with Crippen LogP contribution in [0.25, 0.3) is 0 Å². The molecule has 2 amide bonds. The molecule has 0 radical (unpaired) electrons. The molecule has 1 heterocycles. The van der Waals surface area contributed by atoms with Crippen molar-refractivity contribution in [3.8, 4) is 0 Å². The highest BCUT2D eigenvalue weighted by Crippen LogP contribution is 2.20. The minimum Gasteiger partial charge on any atom is -0.355 e. The van der Waals surface area contributed by atoms with Gasteiger partial charge in [-0.1, -0.05) is 60.7 Å². The van der Waals surface area contributed by atoms with Crippen molar-refractivity contribution in [3.05, 3.63) is 71.8 Å². The smallest absolute Gasteiger partial charge is 0.227 e. The molecule has 3 rings (SSSR count). The van der Waals surface area contributed by atoms with Gasteiger partial charge in [0.05, 0.1) is 5.92 Å². The van der Waals surface area contributed by atoms with Crippen LogP contribution < -0.4 is 5.32 Å². The van der Waals surface area contributed by atoms with Gasteiger partial charge in [-0.05, 0) is 18.1 Å². The van der Waals surface area contributed by atoms with Gasteiger partial charge < -0.3 is 10.2 Å². The van der Waals surface area contributed by atoms with Crippen molar-refractivity contribution >= 4 is 11.8 Å². The molecule has 130 valence electrons. The van der Waals surface area contributed by atoms with Crippen LogP contribution in [-0.2, 0) is 16.1 Å². The molecule has 0 aromatic heterocycles. The Morgan fingerprint density at radius 1 is 1.12 bits per heavy atom. The van der Waals surface area contributed by atoms with E-state index in [4.69, 9.17) is 0 Å². The maximum Gasteiger partial charge on any atom is 0.227 e. The largest absolute Gasteiger partial charge is 0.355 e. The Bertz CT molecular complexity index is 715. The molecule has 0 bridgehead atoms. The number of benzene rings is 2. The third kappa shape index (κ3) is 4.47. The number of hydrogen-bond acceptors (Lipinski definition) is 2. The Morgan fingerprint density at radius 2 is 1.76 bits per heavy atom. The summed E-state index contributed by atoms with van der Waals surface area (Å²) in [5.74, 6) is 0.182. The van der Waals surface area contributed by atoms with Crippen LogP contribution >= 0.6 is 0 Å². The average Bonchev–Trinajstić information content (AvgIpc) is 3.00. The minimum absolute atomic E-state index is 0.0140. The highest BCUT2D eigenvalue weighted by atomic mass is 16.2. The molecular formula is C21H24N2O2. The number of rotatable bonds is 6. The molecule has 25 heavy (non-hydrogen) atoms. The summed E-state index contributed by atoms with van der Waals surface area (Å²) in [7, 11) is 0. The first-order valence-electron chi connectivity index (χ1n) is 8.78. The fourth-order valence-electron chi connectivity index (χ4n) is 3.24. The number of nitrogens with one attached hydrogen (secondary N) is 1. The van der Waals surface area contributed by atoms with E-state index in [1.54, 1.807) is 0 Å². The van der Waals surface area contributed by atoms with E-state index in [1.807, 2.05) is 72.5 Å². The Balaban J connectivity index is 1.49. The van der Waals surface area contributed by atoms with Crippen molar-refractivity contribution in [3.63, 3.8) is 0 Å². The van der Waals surface area contributed by atoms with Gasteiger partial charge >= 0.3 is 0 Å². The summed E-state index contributed by atoms with van der Waals surface area (Å²) < 4.78 is 0. The second-order valence-corrected chi connectivity index (χ2v) is 6.71. The normalized spacial score (nSPS) is 18.2. The molecule has 4 heteroatoms. The van der Waals surface area contributed by atoms with Crippen molar-refractivity contribution < 1.29 is 9.59 Å². The molecule has 1 N–H and O–H groups in total. The fraction of sp³-hybridized carbons (Fsp3) is 0.333. The Morgan fingerprint density at radius 3 is 2.44 bits per heavy atom. The van der Waals surface area contributed by atoms with E-state index in [2.05, 4.69) is 5.32 Å². The predicted molar refractivity (Wildman–Crippen MR) is 97.8 cm³/mol. The van der Waals surface area contributed by atoms with Crippen LogP contribution in [0.3, 0.4) is 0 Å². The molecule has 1 saturated heterocycles. The van der Waals surface area contributed by atoms with Gasteiger partial charge in [-0.25, -0.2) is 0 Å². The van der Waals surface area contributed by atoms with Gasteiger partial charge in [0.25, 0.3) is 0 Å². The van der Waals surface area contributed by atoms with Gasteiger partial charge in [0.15, 0.2) is 0 Å². The topological polar surface area (TPSA) is 49.4 Å². The van der Waals surface area contributed by atoms with Crippen LogP contribution in [-0.4, -0.2) is 29.8 Å². The maximum absolute atomic E-state index is 12.3. The SMILES string of the molecule is C[C@H](C(=O)NC[C@@H]1CC(=O)N(Cc2ccccc2)C1)c1ccccc1. The summed E-state index contributed by atoms with van der Waals surface area (Å²) in [6.07, 6.45) is 0.507. The lowest BCUT2D eigenvalue weighted by Crippen LogP contribution is -2.33. The van der Waals surface area contributed by atoms with Crippen molar-refractivity contribution in [2.24, 2.45) is 5.92 Å². The Labute approximate surface area is 148 Å². The number of amides is 2. The van der Waals surface area contributed by atoms with E-state index < -0.39 is 0 Å². The van der Waals surface area contributed by atoms with E-state index in [0.29, 0.717) is 26.1 Å². The lowest BCUT2D eigenvalue weighted by Gasteiger charge is -2.18. The molecular weight excluding hydrogens is 312 g/mol. The number of carbonyl (C=O) groups is 2. The van der Waals surface area contributed by atoms with Crippen LogP contribution in [0.4, 0.5) is 0 Å². The summed E-state index contributed by atoms with van der Waals surface area (Å²) in [5.41, 5.74) is 2.14. The van der Waals surface area contributed by atoms with Gasteiger partial charge in [0, 0.05) is 32.0 Å². The highest BCUT2D eigenvalue weighted by molar-refractivity contribution is 5.83. The van der Waals surface area contributed by atoms with Crippen molar-refractivity contribution in [1.82, 2.24) is 10.2 Å². The van der Waals surface area contributed by atoms with E-state index in [9.17, 15) is 9.59 Å². The predicted octanol–water partition coefficient (Wildman–Crippen LogP) is 2.96. The molecule has 1 aliphatic heterocycles. The lowest BCUT2D eigenvalue weighted by atomic mass is 10.00. The molecule has 0 saturated carbocycles. The standard InChI is InChI=1S/C21H24N2O2/c1-16(19-10-6-3-7-11-19)21(25)22-13-18-12-20(24)23(15-18)14-17-8-4-2-5-9-17/h2-11,16,18H,12-15H2,1H3,(H,22,25)/t16-,18-/m0/s1. The zero-order valence-electron chi connectivity index (χ0n) is 14.5. The van der Waals surface area contributed by atoms with Crippen LogP contribution in [0.15, 0.2) is 60.7 Å². The Hall–Kier alpha value is -2.62. The van der Waals surface area contributed by atoms with Crippen LogP contribution in [0.1, 0.15) is 30.4 Å². The minimum atomic E-state index is -0.182. The third-order valence-electron chi connectivity index (χ3n) is 4.77. The number of likely N-dealkylation sites (tertiary alicyclic amines) is 1. The number of hydrogen-bond donors (Lipinski definition) is 1. The second kappa shape index (κ2) is 7.97. The van der Waals surface area contributed by atoms with Gasteiger partial charge in [-0.15, -0.1) is 0 Å². The van der Waals surface area contributed by atoms with Crippen LogP contribution in [0.2, 0.25) is 0 Å². The molecule has 4 nitrogen and oxygen atoms in total. The molecule has 0 aliphatic carbocycles. The zero-order valence-corrected chi connectivity index (χ0v) is 14.5. The quantitative estimate of drug-likeness (QED) is 0.882. The summed E-state index contributed by atoms with van der Waals surface area (Å²) in [6, 6.07) is 19.8. The molecule has 2 atom stereocenters. The first-order valence-corrected chi connectivity index (χ1v) is 8.78. The second-order valence-electron chi connectivity index (χ2n) is 6.71. The zero-order chi connectivity index (χ0) is 17.6. The lowest BCUT2D eigenvalue weighted by molar-refractivity contribution is -0.128. The number of nitrogens with zero attached hydrogens (tertiary/aromatic N) is 1. The van der Waals surface area contributed by atoms with Crippen molar-refractivity contribution in [1.29, 1.82) is 0 Å². The summed E-state index contributed by atoms with van der Waals surface area (Å²) >= 11 is 0. The van der Waals surface area contributed by atoms with Gasteiger partial charge in [0.2, 0.25) is 11.8 Å². The fourth-order valence-corrected chi connectivity index (χ4v) is 3.24. The van der Waals surface area contributed by atoms with Crippen molar-refractivity contribution in [2.45, 2.75) is 25.8 Å². The van der Waals surface area contributed by atoms with Crippen molar-refractivity contribution in [2.75, 3.05) is 13.1 Å². The summed E-state index contributed by atoms with van der Waals surface area (Å²) in [6.45, 7) is 3.80. The number of carbonyl (C=O) groups excluding carboxylic acids is 2. The van der Waals surface area contributed by atoms with Gasteiger partial charge in [-0.2, -0.15) is 0 Å². The summed E-state index contributed by atoms with van der Waals surface area (Å²) in [5, 5.41) is 3.01. The molecule has 0 unspecified atom stereocenters. The first-order chi connectivity index (χ1) is 12.1. The van der Waals surface area contributed by atoms with E-state index in [-0.39, 0.29) is 23.7 Å². The van der Waals surface area contributed by atoms with E-state index in [1.165, 1.54) is 0 Å². The highest BCUT2D eigenvalue weighted by Gasteiger charge is 2.30. The van der Waals surface area contributed by atoms with Crippen LogP contribution in [0.5, 0.6) is 0 Å². The monoisotopic (exact) mass is 336 g/mol. The Kier molecular flexibility index (Phi) is 5.49. The molecule has 2 aromatic rings. The van der Waals surface area contributed by atoms with Gasteiger partial charge in [-0.3, -0.25) is 9.59 Å². The molecule has 2 aromatic carbocycles.